The quantitative estimate of drug-likeness (QED) is 0.711. The number of nitrogens with one attached hydrogen (secondary N) is 1. The van der Waals surface area contributed by atoms with E-state index in [4.69, 9.17) is 0 Å². The normalized spacial score (nSPS) is 16.0. The molecule has 0 saturated heterocycles. The van der Waals surface area contributed by atoms with Gasteiger partial charge in [0.25, 0.3) is 5.56 Å². The summed E-state index contributed by atoms with van der Waals surface area (Å²) in [5.41, 5.74) is 1.73. The minimum Gasteiger partial charge on any atom is -1.00 e. The first-order valence-electron chi connectivity index (χ1n) is 7.42. The molecule has 1 aliphatic rings. The average molecular weight is 321 g/mol. The average Bonchev–Trinajstić information content (AvgIpc) is 2.87. The van der Waals surface area contributed by atoms with Crippen LogP contribution in [0, 0.1) is 5.82 Å². The van der Waals surface area contributed by atoms with Crippen LogP contribution in [-0.4, -0.2) is 14.5 Å². The summed E-state index contributed by atoms with van der Waals surface area (Å²) in [5, 5.41) is 0.665. The van der Waals surface area contributed by atoms with E-state index < -0.39 is 0 Å². The summed E-state index contributed by atoms with van der Waals surface area (Å²) >= 11 is 0. The van der Waals surface area contributed by atoms with Gasteiger partial charge in [0.15, 0.2) is 0 Å². The van der Waals surface area contributed by atoms with Crippen molar-refractivity contribution in [1.29, 1.82) is 0 Å². The summed E-state index contributed by atoms with van der Waals surface area (Å²) in [6.07, 6.45) is 7.25. The van der Waals surface area contributed by atoms with Gasteiger partial charge in [-0.3, -0.25) is 9.36 Å². The van der Waals surface area contributed by atoms with Gasteiger partial charge in [-0.15, -0.1) is 0 Å². The van der Waals surface area contributed by atoms with Crippen molar-refractivity contribution in [3.63, 3.8) is 0 Å². The fraction of sp³-hybridized carbons (Fsp3) is 0.375. The standard InChI is InChI=1S/C16H16FN3O.ClH/c17-10-6-7-13-12(8-10)14-15(19-13)16(21)20(9-18-14)11-4-2-1-3-5-11;/h6-9,11,19H,1-5H2;1H/p-1. The highest BCUT2D eigenvalue weighted by molar-refractivity contribution is 6.04. The Bertz CT molecular complexity index is 880. The molecule has 4 nitrogen and oxygen atoms in total. The highest BCUT2D eigenvalue weighted by atomic mass is 35.5. The molecule has 0 unspecified atom stereocenters. The van der Waals surface area contributed by atoms with Crippen LogP contribution in [0.4, 0.5) is 4.39 Å². The SMILES string of the molecule is O=c1c2[nH]c3ccc(F)cc3c2ncn1C1CCCCC1.[Cl-]. The van der Waals surface area contributed by atoms with Crippen molar-refractivity contribution in [2.45, 2.75) is 38.1 Å². The van der Waals surface area contributed by atoms with Gasteiger partial charge in [-0.1, -0.05) is 19.3 Å². The zero-order valence-electron chi connectivity index (χ0n) is 12.0. The Morgan fingerprint density at radius 2 is 2.00 bits per heavy atom. The molecule has 0 atom stereocenters. The maximum atomic E-state index is 13.4. The van der Waals surface area contributed by atoms with E-state index in [1.165, 1.54) is 18.6 Å². The number of nitrogens with zero attached hydrogens (tertiary/aromatic N) is 2. The fourth-order valence-electron chi connectivity index (χ4n) is 3.36. The molecular formula is C16H16ClFN3O-. The van der Waals surface area contributed by atoms with Crippen LogP contribution in [0.15, 0.2) is 29.3 Å². The highest BCUT2D eigenvalue weighted by Crippen LogP contribution is 2.28. The number of benzene rings is 1. The first kappa shape index (κ1) is 15.0. The van der Waals surface area contributed by atoms with Crippen LogP contribution in [0.1, 0.15) is 38.1 Å². The maximum Gasteiger partial charge on any atom is 0.277 e. The molecule has 1 N–H and O–H groups in total. The topological polar surface area (TPSA) is 50.7 Å². The number of hydrogen-bond acceptors (Lipinski definition) is 2. The van der Waals surface area contributed by atoms with E-state index in [0.717, 1.165) is 31.2 Å². The third-order valence-corrected chi connectivity index (χ3v) is 4.46. The second kappa shape index (κ2) is 5.72. The largest absolute Gasteiger partial charge is 1.00 e. The fourth-order valence-corrected chi connectivity index (χ4v) is 3.36. The van der Waals surface area contributed by atoms with E-state index in [-0.39, 0.29) is 29.8 Å². The third kappa shape index (κ3) is 2.29. The molecule has 0 bridgehead atoms. The monoisotopic (exact) mass is 320 g/mol. The van der Waals surface area contributed by atoms with Crippen LogP contribution in [0.3, 0.4) is 0 Å². The van der Waals surface area contributed by atoms with Crippen molar-refractivity contribution < 1.29 is 16.8 Å². The summed E-state index contributed by atoms with van der Waals surface area (Å²) in [5.74, 6) is -0.318. The number of fused-ring (bicyclic) bond motifs is 3. The van der Waals surface area contributed by atoms with Crippen molar-refractivity contribution in [3.8, 4) is 0 Å². The first-order chi connectivity index (χ1) is 10.2. The van der Waals surface area contributed by atoms with Gasteiger partial charge in [0.2, 0.25) is 0 Å². The molecule has 1 aliphatic carbocycles. The van der Waals surface area contributed by atoms with Gasteiger partial charge in [0.05, 0.1) is 6.33 Å². The van der Waals surface area contributed by atoms with Gasteiger partial charge in [0, 0.05) is 16.9 Å². The maximum absolute atomic E-state index is 13.4. The lowest BCUT2D eigenvalue weighted by atomic mass is 9.95. The van der Waals surface area contributed by atoms with Crippen LogP contribution < -0.4 is 18.0 Å². The van der Waals surface area contributed by atoms with E-state index in [1.807, 2.05) is 0 Å². The van der Waals surface area contributed by atoms with E-state index in [1.54, 1.807) is 17.0 Å². The molecule has 2 aromatic heterocycles. The molecule has 1 saturated carbocycles. The zero-order chi connectivity index (χ0) is 14.4. The third-order valence-electron chi connectivity index (χ3n) is 4.46. The molecule has 116 valence electrons. The molecule has 1 fully saturated rings. The molecule has 6 heteroatoms. The van der Waals surface area contributed by atoms with Gasteiger partial charge < -0.3 is 17.4 Å². The second-order valence-corrected chi connectivity index (χ2v) is 5.79. The lowest BCUT2D eigenvalue weighted by molar-refractivity contribution is -0.00000503. The summed E-state index contributed by atoms with van der Waals surface area (Å²) < 4.78 is 15.1. The number of rotatable bonds is 1. The zero-order valence-corrected chi connectivity index (χ0v) is 12.7. The summed E-state index contributed by atoms with van der Waals surface area (Å²) in [7, 11) is 0. The van der Waals surface area contributed by atoms with Crippen LogP contribution in [-0.2, 0) is 0 Å². The second-order valence-electron chi connectivity index (χ2n) is 5.79. The number of aromatic nitrogens is 3. The van der Waals surface area contributed by atoms with Crippen molar-refractivity contribution in [2.75, 3.05) is 0 Å². The van der Waals surface area contributed by atoms with Crippen LogP contribution in [0.5, 0.6) is 0 Å². The van der Waals surface area contributed by atoms with Crippen LogP contribution in [0.2, 0.25) is 0 Å². The molecule has 1 aromatic carbocycles. The number of hydrogen-bond donors (Lipinski definition) is 1. The minimum absolute atomic E-state index is 0. The van der Waals surface area contributed by atoms with E-state index in [0.29, 0.717) is 16.4 Å². The minimum atomic E-state index is -0.318. The van der Waals surface area contributed by atoms with E-state index in [2.05, 4.69) is 9.97 Å². The predicted octanol–water partition coefficient (Wildman–Crippen LogP) is 0.526. The van der Waals surface area contributed by atoms with Gasteiger partial charge >= 0.3 is 0 Å². The smallest absolute Gasteiger partial charge is 0.277 e. The summed E-state index contributed by atoms with van der Waals surface area (Å²) in [6, 6.07) is 4.70. The summed E-state index contributed by atoms with van der Waals surface area (Å²) in [4.78, 5) is 20.2. The van der Waals surface area contributed by atoms with Crippen molar-refractivity contribution >= 4 is 21.9 Å². The van der Waals surface area contributed by atoms with Crippen molar-refractivity contribution in [2.24, 2.45) is 0 Å². The molecule has 2 heterocycles. The predicted molar refractivity (Wildman–Crippen MR) is 79.9 cm³/mol. The highest BCUT2D eigenvalue weighted by Gasteiger charge is 2.19. The molecule has 0 aliphatic heterocycles. The van der Waals surface area contributed by atoms with E-state index in [9.17, 15) is 9.18 Å². The molecule has 4 rings (SSSR count). The molecule has 3 aromatic rings. The van der Waals surface area contributed by atoms with Crippen LogP contribution in [0.25, 0.3) is 21.9 Å². The molecule has 22 heavy (non-hydrogen) atoms. The first-order valence-corrected chi connectivity index (χ1v) is 7.42. The number of H-pyrrole nitrogens is 1. The number of halogens is 2. The van der Waals surface area contributed by atoms with Crippen molar-refractivity contribution in [1.82, 2.24) is 14.5 Å². The Morgan fingerprint density at radius 3 is 2.77 bits per heavy atom. The molecule has 0 radical (unpaired) electrons. The lowest BCUT2D eigenvalue weighted by Gasteiger charge is -2.23. The Morgan fingerprint density at radius 1 is 1.23 bits per heavy atom. The van der Waals surface area contributed by atoms with Gasteiger partial charge in [-0.25, -0.2) is 9.37 Å². The molecule has 0 spiro atoms. The van der Waals surface area contributed by atoms with Crippen LogP contribution >= 0.6 is 0 Å². The van der Waals surface area contributed by atoms with E-state index >= 15 is 0 Å². The van der Waals surface area contributed by atoms with Crippen molar-refractivity contribution in [3.05, 3.63) is 40.7 Å². The van der Waals surface area contributed by atoms with Gasteiger partial charge in [0.1, 0.15) is 16.9 Å². The van der Waals surface area contributed by atoms with Gasteiger partial charge in [-0.05, 0) is 31.0 Å². The lowest BCUT2D eigenvalue weighted by Crippen LogP contribution is -3.00. The Balaban J connectivity index is 0.00000144. The Kier molecular flexibility index (Phi) is 3.91. The van der Waals surface area contributed by atoms with Gasteiger partial charge in [-0.2, -0.15) is 0 Å². The Hall–Kier alpha value is -1.88. The summed E-state index contributed by atoms with van der Waals surface area (Å²) in [6.45, 7) is 0. The Labute approximate surface area is 132 Å². The molecular weight excluding hydrogens is 305 g/mol. The number of aromatic amines is 1. The molecule has 0 amide bonds.